The molecule has 0 radical (unpaired) electrons. The van der Waals surface area contributed by atoms with Gasteiger partial charge in [-0.25, -0.2) is 9.29 Å². The van der Waals surface area contributed by atoms with Gasteiger partial charge in [-0.1, -0.05) is 0 Å². The molecule has 0 atom stereocenters. The van der Waals surface area contributed by atoms with Crippen molar-refractivity contribution in [2.45, 2.75) is 0 Å². The molecule has 1 aliphatic rings. The molecule has 0 spiro atoms. The number of anilines is 1. The molecule has 1 aliphatic heterocycles. The van der Waals surface area contributed by atoms with E-state index in [1.807, 2.05) is 0 Å². The van der Waals surface area contributed by atoms with Gasteiger partial charge in [0.05, 0.1) is 12.8 Å². The van der Waals surface area contributed by atoms with Gasteiger partial charge < -0.3 is 4.74 Å². The standard InChI is InChI=1S/C11H8FNO3/c1-16-7-2-3-9(8(12)6-7)13-10(14)4-5-11(13)15/h2-6H,1H3. The second kappa shape index (κ2) is 3.77. The fourth-order valence-electron chi connectivity index (χ4n) is 1.43. The minimum atomic E-state index is -0.676. The Balaban J connectivity index is 2.42. The Morgan fingerprint density at radius 2 is 1.81 bits per heavy atom. The zero-order chi connectivity index (χ0) is 11.7. The molecular formula is C11H8FNO3. The molecule has 4 nitrogen and oxygen atoms in total. The Bertz CT molecular complexity index is 478. The van der Waals surface area contributed by atoms with Crippen molar-refractivity contribution in [2.24, 2.45) is 0 Å². The number of benzene rings is 1. The number of nitrogens with zero attached hydrogens (tertiary/aromatic N) is 1. The lowest BCUT2D eigenvalue weighted by molar-refractivity contribution is -0.120. The first-order valence-corrected chi connectivity index (χ1v) is 4.53. The highest BCUT2D eigenvalue weighted by atomic mass is 19.1. The van der Waals surface area contributed by atoms with E-state index in [0.29, 0.717) is 5.75 Å². The van der Waals surface area contributed by atoms with E-state index >= 15 is 0 Å². The SMILES string of the molecule is COc1ccc(N2C(=O)C=CC2=O)c(F)c1. The molecule has 0 fully saturated rings. The van der Waals surface area contributed by atoms with Crippen molar-refractivity contribution >= 4 is 17.5 Å². The molecule has 2 rings (SSSR count). The number of carbonyl (C=O) groups is 2. The number of halogens is 1. The van der Waals surface area contributed by atoms with E-state index in [4.69, 9.17) is 4.74 Å². The van der Waals surface area contributed by atoms with Crippen LogP contribution in [-0.4, -0.2) is 18.9 Å². The second-order valence-corrected chi connectivity index (χ2v) is 3.16. The molecule has 16 heavy (non-hydrogen) atoms. The summed E-state index contributed by atoms with van der Waals surface area (Å²) >= 11 is 0. The molecular weight excluding hydrogens is 213 g/mol. The number of methoxy groups -OCH3 is 1. The highest BCUT2D eigenvalue weighted by Gasteiger charge is 2.27. The highest BCUT2D eigenvalue weighted by molar-refractivity contribution is 6.28. The first kappa shape index (κ1) is 10.4. The van der Waals surface area contributed by atoms with Crippen molar-refractivity contribution < 1.29 is 18.7 Å². The van der Waals surface area contributed by atoms with Crippen LogP contribution in [0.4, 0.5) is 10.1 Å². The van der Waals surface area contributed by atoms with E-state index in [-0.39, 0.29) is 5.69 Å². The summed E-state index contributed by atoms with van der Waals surface area (Å²) in [6.45, 7) is 0. The summed E-state index contributed by atoms with van der Waals surface area (Å²) in [5, 5.41) is 0. The van der Waals surface area contributed by atoms with Gasteiger partial charge in [-0.3, -0.25) is 9.59 Å². The van der Waals surface area contributed by atoms with E-state index in [9.17, 15) is 14.0 Å². The summed E-state index contributed by atoms with van der Waals surface area (Å²) in [5.41, 5.74) is -0.0687. The molecule has 2 amide bonds. The van der Waals surface area contributed by atoms with Crippen LogP contribution in [0.3, 0.4) is 0 Å². The number of ether oxygens (including phenoxy) is 1. The van der Waals surface area contributed by atoms with Gasteiger partial charge in [-0.15, -0.1) is 0 Å². The van der Waals surface area contributed by atoms with Gasteiger partial charge in [-0.05, 0) is 12.1 Å². The van der Waals surface area contributed by atoms with Crippen LogP contribution in [0.5, 0.6) is 5.75 Å². The van der Waals surface area contributed by atoms with Crippen LogP contribution in [0.1, 0.15) is 0 Å². The largest absolute Gasteiger partial charge is 0.497 e. The first-order chi connectivity index (χ1) is 7.63. The predicted molar refractivity (Wildman–Crippen MR) is 54.6 cm³/mol. The molecule has 0 saturated carbocycles. The number of amides is 2. The summed E-state index contributed by atoms with van der Waals surface area (Å²) in [6, 6.07) is 3.93. The Kier molecular flexibility index (Phi) is 2.44. The zero-order valence-electron chi connectivity index (χ0n) is 8.44. The third-order valence-electron chi connectivity index (χ3n) is 2.21. The van der Waals surface area contributed by atoms with Crippen molar-refractivity contribution in [3.8, 4) is 5.75 Å². The number of carbonyl (C=O) groups excluding carboxylic acids is 2. The van der Waals surface area contributed by atoms with Crippen molar-refractivity contribution in [3.63, 3.8) is 0 Å². The zero-order valence-corrected chi connectivity index (χ0v) is 8.44. The topological polar surface area (TPSA) is 46.6 Å². The average molecular weight is 221 g/mol. The summed E-state index contributed by atoms with van der Waals surface area (Å²) < 4.78 is 18.4. The Morgan fingerprint density at radius 3 is 2.31 bits per heavy atom. The molecule has 0 bridgehead atoms. The van der Waals surface area contributed by atoms with Crippen molar-refractivity contribution in [1.29, 1.82) is 0 Å². The van der Waals surface area contributed by atoms with Crippen molar-refractivity contribution in [1.82, 2.24) is 0 Å². The predicted octanol–water partition coefficient (Wildman–Crippen LogP) is 1.26. The fourth-order valence-corrected chi connectivity index (χ4v) is 1.43. The molecule has 0 aliphatic carbocycles. The van der Waals surface area contributed by atoms with Crippen molar-refractivity contribution in [2.75, 3.05) is 12.0 Å². The Labute approximate surface area is 90.9 Å². The maximum Gasteiger partial charge on any atom is 0.258 e. The van der Waals surface area contributed by atoms with Crippen LogP contribution in [0.15, 0.2) is 30.4 Å². The smallest absolute Gasteiger partial charge is 0.258 e. The number of rotatable bonds is 2. The molecule has 1 aromatic rings. The average Bonchev–Trinajstić information content (AvgIpc) is 2.59. The van der Waals surface area contributed by atoms with E-state index in [0.717, 1.165) is 23.1 Å². The van der Waals surface area contributed by atoms with Gasteiger partial charge in [0, 0.05) is 18.2 Å². The molecule has 0 aromatic heterocycles. The summed E-state index contributed by atoms with van der Waals surface area (Å²) in [7, 11) is 1.40. The van der Waals surface area contributed by atoms with Gasteiger partial charge in [-0.2, -0.15) is 0 Å². The van der Waals surface area contributed by atoms with Gasteiger partial charge in [0.15, 0.2) is 5.82 Å². The van der Waals surface area contributed by atoms with Crippen LogP contribution >= 0.6 is 0 Å². The van der Waals surface area contributed by atoms with Crippen LogP contribution in [0, 0.1) is 5.82 Å². The van der Waals surface area contributed by atoms with Crippen LogP contribution < -0.4 is 9.64 Å². The lowest BCUT2D eigenvalue weighted by Crippen LogP contribution is -2.30. The third kappa shape index (κ3) is 1.56. The van der Waals surface area contributed by atoms with Gasteiger partial charge in [0.1, 0.15) is 5.75 Å². The highest BCUT2D eigenvalue weighted by Crippen LogP contribution is 2.26. The van der Waals surface area contributed by atoms with E-state index in [1.165, 1.54) is 19.2 Å². The summed E-state index contributed by atoms with van der Waals surface area (Å²) in [4.78, 5) is 23.4. The Hall–Kier alpha value is -2.17. The molecule has 0 saturated heterocycles. The molecule has 0 N–H and O–H groups in total. The van der Waals surface area contributed by atoms with Gasteiger partial charge >= 0.3 is 0 Å². The minimum absolute atomic E-state index is 0.0687. The van der Waals surface area contributed by atoms with Crippen LogP contribution in [0.25, 0.3) is 0 Å². The Morgan fingerprint density at radius 1 is 1.19 bits per heavy atom. The quantitative estimate of drug-likeness (QED) is 0.706. The minimum Gasteiger partial charge on any atom is -0.497 e. The summed E-state index contributed by atoms with van der Waals surface area (Å²) in [6.07, 6.45) is 2.21. The van der Waals surface area contributed by atoms with Gasteiger partial charge in [0.25, 0.3) is 11.8 Å². The molecule has 5 heteroatoms. The fraction of sp³-hybridized carbons (Fsp3) is 0.0909. The van der Waals surface area contributed by atoms with Crippen LogP contribution in [0.2, 0.25) is 0 Å². The van der Waals surface area contributed by atoms with Gasteiger partial charge in [0.2, 0.25) is 0 Å². The first-order valence-electron chi connectivity index (χ1n) is 4.53. The van der Waals surface area contributed by atoms with E-state index < -0.39 is 17.6 Å². The molecule has 0 unspecified atom stereocenters. The number of hydrogen-bond acceptors (Lipinski definition) is 3. The monoisotopic (exact) mass is 221 g/mol. The number of hydrogen-bond donors (Lipinski definition) is 0. The molecule has 1 heterocycles. The second-order valence-electron chi connectivity index (χ2n) is 3.16. The lowest BCUT2D eigenvalue weighted by atomic mass is 10.2. The third-order valence-corrected chi connectivity index (χ3v) is 2.21. The van der Waals surface area contributed by atoms with E-state index in [2.05, 4.69) is 0 Å². The maximum atomic E-state index is 13.6. The molecule has 1 aromatic carbocycles. The van der Waals surface area contributed by atoms with Crippen molar-refractivity contribution in [3.05, 3.63) is 36.2 Å². The normalized spacial score (nSPS) is 14.8. The number of imide groups is 1. The maximum absolute atomic E-state index is 13.6. The van der Waals surface area contributed by atoms with E-state index in [1.54, 1.807) is 0 Å². The molecule has 82 valence electrons. The summed E-state index contributed by atoms with van der Waals surface area (Å²) in [5.74, 6) is -1.44. The lowest BCUT2D eigenvalue weighted by Gasteiger charge is -2.14. The van der Waals surface area contributed by atoms with Crippen LogP contribution in [-0.2, 0) is 9.59 Å².